The Morgan fingerprint density at radius 3 is 2.30 bits per heavy atom. The molecule has 0 amide bonds. The maximum absolute atomic E-state index is 12.1. The molecule has 0 aliphatic rings. The first-order chi connectivity index (χ1) is 11.0. The second-order valence-corrected chi connectivity index (χ2v) is 5.00. The molecule has 122 valence electrons. The summed E-state index contributed by atoms with van der Waals surface area (Å²) in [5.41, 5.74) is 0.466. The van der Waals surface area contributed by atoms with Crippen molar-refractivity contribution in [3.8, 4) is 5.75 Å². The van der Waals surface area contributed by atoms with E-state index in [9.17, 15) is 9.59 Å². The zero-order valence-electron chi connectivity index (χ0n) is 12.7. The van der Waals surface area contributed by atoms with Crippen molar-refractivity contribution in [1.82, 2.24) is 4.98 Å². The van der Waals surface area contributed by atoms with Gasteiger partial charge in [0.25, 0.3) is 0 Å². The van der Waals surface area contributed by atoms with Crippen molar-refractivity contribution < 1.29 is 23.8 Å². The van der Waals surface area contributed by atoms with Crippen LogP contribution in [0.4, 0.5) is 0 Å². The number of pyridine rings is 1. The van der Waals surface area contributed by atoms with Gasteiger partial charge in [-0.2, -0.15) is 0 Å². The van der Waals surface area contributed by atoms with E-state index >= 15 is 0 Å². The van der Waals surface area contributed by atoms with E-state index in [0.717, 1.165) is 5.39 Å². The fraction of sp³-hybridized carbons (Fsp3) is 0.312. The van der Waals surface area contributed by atoms with Gasteiger partial charge >= 0.3 is 17.0 Å². The predicted octanol–water partition coefficient (Wildman–Crippen LogP) is 2.67. The van der Waals surface area contributed by atoms with Gasteiger partial charge in [0.1, 0.15) is 11.3 Å². The lowest BCUT2D eigenvalue weighted by Gasteiger charge is -2.24. The van der Waals surface area contributed by atoms with Crippen LogP contribution in [0, 0.1) is 0 Å². The van der Waals surface area contributed by atoms with E-state index < -0.39 is 17.0 Å². The number of hydrogen-bond donors (Lipinski definition) is 0. The Morgan fingerprint density at radius 1 is 1.09 bits per heavy atom. The Hall–Kier alpha value is -2.34. The lowest BCUT2D eigenvalue weighted by Crippen LogP contribution is -2.49. The van der Waals surface area contributed by atoms with Gasteiger partial charge in [-0.1, -0.05) is 29.8 Å². The minimum atomic E-state index is -2.42. The highest BCUT2D eigenvalue weighted by Gasteiger charge is 2.51. The van der Waals surface area contributed by atoms with Crippen molar-refractivity contribution in [3.05, 3.63) is 36.5 Å². The summed E-state index contributed by atoms with van der Waals surface area (Å²) in [4.78, 5) is 28.4. The summed E-state index contributed by atoms with van der Waals surface area (Å²) in [5, 5.41) is -1.64. The van der Waals surface area contributed by atoms with Crippen LogP contribution >= 0.6 is 11.6 Å². The molecule has 0 radical (unpaired) electrons. The van der Waals surface area contributed by atoms with E-state index in [1.54, 1.807) is 38.2 Å². The third-order valence-electron chi connectivity index (χ3n) is 2.92. The minimum Gasteiger partial charge on any atom is -0.462 e. The highest BCUT2D eigenvalue weighted by molar-refractivity contribution is 6.43. The zero-order valence-corrected chi connectivity index (χ0v) is 13.5. The summed E-state index contributed by atoms with van der Waals surface area (Å²) in [6.45, 7) is 3.29. The molecule has 1 aromatic heterocycles. The number of hydrogen-bond acceptors (Lipinski definition) is 6. The van der Waals surface area contributed by atoms with Crippen molar-refractivity contribution in [1.29, 1.82) is 0 Å². The number of carbonyl (C=O) groups excluding carboxylic acids is 2. The number of para-hydroxylation sites is 1. The number of rotatable bonds is 6. The van der Waals surface area contributed by atoms with E-state index in [1.165, 1.54) is 0 Å². The van der Waals surface area contributed by atoms with Gasteiger partial charge in [-0.3, -0.25) is 4.98 Å². The minimum absolute atomic E-state index is 0.0455. The Bertz CT molecular complexity index is 695. The molecule has 0 bridgehead atoms. The van der Waals surface area contributed by atoms with Crippen LogP contribution in [-0.2, 0) is 19.1 Å². The molecule has 2 aromatic rings. The summed E-state index contributed by atoms with van der Waals surface area (Å²) < 4.78 is 15.2. The lowest BCUT2D eigenvalue weighted by molar-refractivity contribution is -0.170. The molecule has 6 nitrogen and oxygen atoms in total. The SMILES string of the molecule is CCOC(=O)C(Cl)(Oc1cccc2cccnc12)C(=O)OCC. The monoisotopic (exact) mass is 337 g/mol. The summed E-state index contributed by atoms with van der Waals surface area (Å²) in [6, 6.07) is 8.66. The van der Waals surface area contributed by atoms with Gasteiger partial charge in [0, 0.05) is 11.6 Å². The largest absolute Gasteiger partial charge is 0.462 e. The van der Waals surface area contributed by atoms with Gasteiger partial charge < -0.3 is 14.2 Å². The summed E-state index contributed by atoms with van der Waals surface area (Å²) in [5.74, 6) is -1.89. The molecule has 1 heterocycles. The van der Waals surface area contributed by atoms with Crippen LogP contribution in [0.1, 0.15) is 13.8 Å². The maximum Gasteiger partial charge on any atom is 0.379 e. The molecular formula is C16H16ClNO5. The normalized spacial score (nSPS) is 11.1. The first kappa shape index (κ1) is 17.0. The van der Waals surface area contributed by atoms with Crippen LogP contribution in [0.5, 0.6) is 5.75 Å². The first-order valence-corrected chi connectivity index (χ1v) is 7.46. The fourth-order valence-corrected chi connectivity index (χ4v) is 2.12. The number of ether oxygens (including phenoxy) is 3. The van der Waals surface area contributed by atoms with E-state index in [1.807, 2.05) is 12.1 Å². The molecule has 0 atom stereocenters. The average Bonchev–Trinajstić information content (AvgIpc) is 2.55. The number of alkyl halides is 1. The molecule has 0 unspecified atom stereocenters. The predicted molar refractivity (Wildman–Crippen MR) is 84.2 cm³/mol. The van der Waals surface area contributed by atoms with E-state index in [4.69, 9.17) is 25.8 Å². The van der Waals surface area contributed by atoms with E-state index in [0.29, 0.717) is 5.52 Å². The fourth-order valence-electron chi connectivity index (χ4n) is 1.92. The molecule has 1 aromatic carbocycles. The smallest absolute Gasteiger partial charge is 0.379 e. The van der Waals surface area contributed by atoms with Crippen molar-refractivity contribution in [3.63, 3.8) is 0 Å². The quantitative estimate of drug-likeness (QED) is 0.458. The Morgan fingerprint density at radius 2 is 1.70 bits per heavy atom. The number of carbonyl (C=O) groups is 2. The van der Waals surface area contributed by atoms with Crippen LogP contribution in [0.15, 0.2) is 36.5 Å². The van der Waals surface area contributed by atoms with Crippen LogP contribution in [0.2, 0.25) is 0 Å². The Labute approximate surface area is 138 Å². The van der Waals surface area contributed by atoms with Crippen molar-refractivity contribution in [2.45, 2.75) is 18.9 Å². The summed E-state index contributed by atoms with van der Waals surface area (Å²) in [7, 11) is 0. The summed E-state index contributed by atoms with van der Waals surface area (Å²) in [6.07, 6.45) is 1.57. The molecule has 23 heavy (non-hydrogen) atoms. The molecule has 2 rings (SSSR count). The van der Waals surface area contributed by atoms with Crippen LogP contribution in [0.25, 0.3) is 10.9 Å². The van der Waals surface area contributed by atoms with E-state index in [2.05, 4.69) is 4.98 Å². The van der Waals surface area contributed by atoms with Crippen molar-refractivity contribution in [2.24, 2.45) is 0 Å². The molecular weight excluding hydrogens is 322 g/mol. The van der Waals surface area contributed by atoms with Gasteiger partial charge in [-0.05, 0) is 26.0 Å². The van der Waals surface area contributed by atoms with Crippen LogP contribution in [-0.4, -0.2) is 35.2 Å². The highest BCUT2D eigenvalue weighted by atomic mass is 35.5. The van der Waals surface area contributed by atoms with Gasteiger partial charge in [0.05, 0.1) is 13.2 Å². The molecule has 0 N–H and O–H groups in total. The average molecular weight is 338 g/mol. The van der Waals surface area contributed by atoms with E-state index in [-0.39, 0.29) is 19.0 Å². The second kappa shape index (κ2) is 7.28. The molecule has 0 saturated carbocycles. The Balaban J connectivity index is 2.44. The van der Waals surface area contributed by atoms with Crippen LogP contribution in [0.3, 0.4) is 0 Å². The first-order valence-electron chi connectivity index (χ1n) is 7.09. The topological polar surface area (TPSA) is 74.7 Å². The third-order valence-corrected chi connectivity index (χ3v) is 3.31. The maximum atomic E-state index is 12.1. The highest BCUT2D eigenvalue weighted by Crippen LogP contribution is 2.30. The zero-order chi connectivity index (χ0) is 16.9. The number of halogens is 1. The number of benzene rings is 1. The summed E-state index contributed by atoms with van der Waals surface area (Å²) >= 11 is 6.13. The number of nitrogens with zero attached hydrogens (tertiary/aromatic N) is 1. The molecule has 0 spiro atoms. The lowest BCUT2D eigenvalue weighted by atomic mass is 10.2. The second-order valence-electron chi connectivity index (χ2n) is 4.47. The Kier molecular flexibility index (Phi) is 5.39. The standard InChI is InChI=1S/C16H16ClNO5/c1-3-21-14(19)16(17,15(20)22-4-2)23-12-9-5-7-11-8-6-10-18-13(11)12/h5-10H,3-4H2,1-2H3. The van der Waals surface area contributed by atoms with Crippen LogP contribution < -0.4 is 4.74 Å². The number of fused-ring (bicyclic) bond motifs is 1. The van der Waals surface area contributed by atoms with Gasteiger partial charge in [-0.25, -0.2) is 9.59 Å². The molecule has 0 aliphatic heterocycles. The van der Waals surface area contributed by atoms with Gasteiger partial charge in [0.2, 0.25) is 0 Å². The molecule has 0 saturated heterocycles. The molecule has 0 aliphatic carbocycles. The van der Waals surface area contributed by atoms with Crippen molar-refractivity contribution in [2.75, 3.05) is 13.2 Å². The van der Waals surface area contributed by atoms with Crippen molar-refractivity contribution >= 4 is 34.4 Å². The molecule has 7 heteroatoms. The third kappa shape index (κ3) is 3.53. The van der Waals surface area contributed by atoms with Gasteiger partial charge in [-0.15, -0.1) is 0 Å². The molecule has 0 fully saturated rings. The van der Waals surface area contributed by atoms with Gasteiger partial charge in [0.15, 0.2) is 0 Å². The number of esters is 2. The number of aromatic nitrogens is 1.